The topological polar surface area (TPSA) is 89.8 Å². The van der Waals surface area contributed by atoms with Crippen LogP contribution in [0.2, 0.25) is 0 Å². The average Bonchev–Trinajstić information content (AvgIpc) is 3.08. The molecule has 0 radical (unpaired) electrons. The van der Waals surface area contributed by atoms with Crippen molar-refractivity contribution in [2.45, 2.75) is 76.6 Å². The van der Waals surface area contributed by atoms with Crippen molar-refractivity contribution in [2.75, 3.05) is 6.61 Å². The Bertz CT molecular complexity index is 491. The van der Waals surface area contributed by atoms with Gasteiger partial charge in [-0.05, 0) is 31.3 Å². The number of unbranched alkanes of at least 4 members (excludes halogenated alkanes) is 3. The molecule has 0 aromatic rings. The first-order valence-corrected chi connectivity index (χ1v) is 9.57. The van der Waals surface area contributed by atoms with Crippen LogP contribution in [0.3, 0.4) is 0 Å². The molecule has 0 unspecified atom stereocenters. The van der Waals surface area contributed by atoms with Crippen molar-refractivity contribution in [3.8, 4) is 0 Å². The van der Waals surface area contributed by atoms with Gasteiger partial charge in [-0.1, -0.05) is 44.4 Å². The molecule has 1 saturated carbocycles. The molecule has 0 aromatic carbocycles. The Morgan fingerprint density at radius 1 is 1.38 bits per heavy atom. The Kier molecular flexibility index (Phi) is 11.3. The summed E-state index contributed by atoms with van der Waals surface area (Å²) in [6, 6.07) is 0. The molecule has 1 aliphatic heterocycles. The molecule has 1 saturated heterocycles. The molecule has 0 bridgehead atoms. The molecule has 6 heteroatoms. The third kappa shape index (κ3) is 7.10. The molecule has 2 rings (SSSR count). The standard InChI is InChI=1S/C20H32O5.Na/c1-2-3-4-8-15(21)10-11-16-17(22)12-18-20(16)14(13-25-18)7-5-6-9-19(23)24;/h7,10-11,15-18,20-22H,2-6,8-9,12-13H2,1H3,(H,23,24);/q;+1/p-1/b11-10+,14-7-;/t15-,16-,17+,18-,20+;/m0./s1. The summed E-state index contributed by atoms with van der Waals surface area (Å²) in [5, 5.41) is 30.9. The fourth-order valence-corrected chi connectivity index (χ4v) is 3.92. The second-order valence-electron chi connectivity index (χ2n) is 7.25. The maximum Gasteiger partial charge on any atom is 1.00 e. The molecule has 2 N–H and O–H groups in total. The van der Waals surface area contributed by atoms with E-state index in [4.69, 9.17) is 4.74 Å². The van der Waals surface area contributed by atoms with Crippen LogP contribution in [0.5, 0.6) is 0 Å². The maximum atomic E-state index is 10.5. The van der Waals surface area contributed by atoms with Crippen molar-refractivity contribution >= 4 is 5.97 Å². The summed E-state index contributed by atoms with van der Waals surface area (Å²) in [5.74, 6) is -0.925. The minimum atomic E-state index is -1.02. The Morgan fingerprint density at radius 3 is 2.85 bits per heavy atom. The van der Waals surface area contributed by atoms with Gasteiger partial charge in [0.1, 0.15) is 0 Å². The van der Waals surface area contributed by atoms with Crippen molar-refractivity contribution < 1.29 is 54.4 Å². The number of carbonyl (C=O) groups excluding carboxylic acids is 1. The van der Waals surface area contributed by atoms with Gasteiger partial charge in [-0.3, -0.25) is 0 Å². The predicted molar refractivity (Wildman–Crippen MR) is 93.6 cm³/mol. The second-order valence-corrected chi connectivity index (χ2v) is 7.25. The number of hydrogen-bond donors (Lipinski definition) is 2. The van der Waals surface area contributed by atoms with E-state index < -0.39 is 18.2 Å². The number of ether oxygens (including phenoxy) is 1. The van der Waals surface area contributed by atoms with Gasteiger partial charge in [-0.25, -0.2) is 0 Å². The van der Waals surface area contributed by atoms with E-state index in [-0.39, 0.29) is 53.9 Å². The summed E-state index contributed by atoms with van der Waals surface area (Å²) in [6.45, 7) is 2.69. The zero-order valence-corrected chi connectivity index (χ0v) is 18.1. The molecule has 2 aliphatic rings. The molecular formula is C20H31NaO5. The minimum absolute atomic E-state index is 0. The zero-order valence-electron chi connectivity index (χ0n) is 16.1. The first-order valence-electron chi connectivity index (χ1n) is 9.57. The van der Waals surface area contributed by atoms with Crippen LogP contribution in [-0.2, 0) is 9.53 Å². The number of carbonyl (C=O) groups is 1. The number of rotatable bonds is 10. The Labute approximate surface area is 178 Å². The van der Waals surface area contributed by atoms with Gasteiger partial charge in [0.05, 0.1) is 24.9 Å². The first-order chi connectivity index (χ1) is 12.0. The first kappa shape index (κ1) is 23.9. The molecule has 5 nitrogen and oxygen atoms in total. The van der Waals surface area contributed by atoms with Crippen LogP contribution in [-0.4, -0.2) is 41.1 Å². The number of allylic oxidation sites excluding steroid dienone is 1. The van der Waals surface area contributed by atoms with Gasteiger partial charge in [-0.15, -0.1) is 0 Å². The van der Waals surface area contributed by atoms with Crippen molar-refractivity contribution in [1.29, 1.82) is 0 Å². The molecule has 0 spiro atoms. The number of aliphatic hydroxyl groups is 2. The Morgan fingerprint density at radius 2 is 2.15 bits per heavy atom. The summed E-state index contributed by atoms with van der Waals surface area (Å²) >= 11 is 0. The van der Waals surface area contributed by atoms with Gasteiger partial charge in [-0.2, -0.15) is 0 Å². The van der Waals surface area contributed by atoms with Gasteiger partial charge in [0.15, 0.2) is 0 Å². The maximum absolute atomic E-state index is 10.5. The summed E-state index contributed by atoms with van der Waals surface area (Å²) in [7, 11) is 0. The minimum Gasteiger partial charge on any atom is -0.550 e. The molecule has 26 heavy (non-hydrogen) atoms. The van der Waals surface area contributed by atoms with E-state index in [2.05, 4.69) is 13.0 Å². The van der Waals surface area contributed by atoms with E-state index in [0.717, 1.165) is 31.3 Å². The van der Waals surface area contributed by atoms with E-state index in [0.29, 0.717) is 25.9 Å². The largest absolute Gasteiger partial charge is 1.00 e. The third-order valence-electron chi connectivity index (χ3n) is 5.28. The smallest absolute Gasteiger partial charge is 0.550 e. The number of aliphatic hydroxyl groups excluding tert-OH is 2. The molecule has 2 fully saturated rings. The van der Waals surface area contributed by atoms with Crippen LogP contribution in [0.15, 0.2) is 23.8 Å². The zero-order chi connectivity index (χ0) is 18.2. The van der Waals surface area contributed by atoms with Crippen LogP contribution in [0.25, 0.3) is 0 Å². The van der Waals surface area contributed by atoms with E-state index in [1.165, 1.54) is 0 Å². The quantitative estimate of drug-likeness (QED) is 0.283. The van der Waals surface area contributed by atoms with Crippen molar-refractivity contribution in [1.82, 2.24) is 0 Å². The molecular weight excluding hydrogens is 343 g/mol. The van der Waals surface area contributed by atoms with E-state index in [1.54, 1.807) is 0 Å². The van der Waals surface area contributed by atoms with Gasteiger partial charge < -0.3 is 24.9 Å². The van der Waals surface area contributed by atoms with Crippen LogP contribution in [0.4, 0.5) is 0 Å². The van der Waals surface area contributed by atoms with E-state index >= 15 is 0 Å². The Balaban J connectivity index is 0.00000338. The van der Waals surface area contributed by atoms with Crippen LogP contribution in [0.1, 0.15) is 58.3 Å². The van der Waals surface area contributed by atoms with Gasteiger partial charge in [0.25, 0.3) is 0 Å². The van der Waals surface area contributed by atoms with Crippen molar-refractivity contribution in [3.63, 3.8) is 0 Å². The van der Waals surface area contributed by atoms with Crippen LogP contribution < -0.4 is 34.7 Å². The van der Waals surface area contributed by atoms with E-state index in [1.807, 2.05) is 12.2 Å². The molecule has 0 amide bonds. The fraction of sp³-hybridized carbons (Fsp3) is 0.750. The third-order valence-corrected chi connectivity index (χ3v) is 5.28. The molecule has 0 aromatic heterocycles. The monoisotopic (exact) mass is 374 g/mol. The Hall–Kier alpha value is -0.170. The van der Waals surface area contributed by atoms with Crippen LogP contribution >= 0.6 is 0 Å². The van der Waals surface area contributed by atoms with Gasteiger partial charge >= 0.3 is 29.6 Å². The molecule has 1 heterocycles. The summed E-state index contributed by atoms with van der Waals surface area (Å²) in [4.78, 5) is 10.5. The summed E-state index contributed by atoms with van der Waals surface area (Å²) < 4.78 is 5.80. The number of fused-ring (bicyclic) bond motifs is 1. The van der Waals surface area contributed by atoms with Gasteiger partial charge in [0, 0.05) is 24.2 Å². The van der Waals surface area contributed by atoms with Gasteiger partial charge in [0.2, 0.25) is 0 Å². The predicted octanol–water partition coefficient (Wildman–Crippen LogP) is -1.27. The SMILES string of the molecule is CCCCC[C@H](O)/C=C/[C@@H]1[C@H]2/C(=C\CCCC(=O)[O-])CO[C@H]2C[C@H]1O.[Na+]. The molecule has 1 aliphatic carbocycles. The van der Waals surface area contributed by atoms with Crippen molar-refractivity contribution in [2.24, 2.45) is 11.8 Å². The average molecular weight is 374 g/mol. The van der Waals surface area contributed by atoms with Crippen LogP contribution in [0, 0.1) is 11.8 Å². The number of carboxylic acids is 1. The molecule has 5 atom stereocenters. The fourth-order valence-electron chi connectivity index (χ4n) is 3.92. The van der Waals surface area contributed by atoms with E-state index in [9.17, 15) is 20.1 Å². The second kappa shape index (κ2) is 12.3. The summed E-state index contributed by atoms with van der Waals surface area (Å²) in [6.07, 6.45) is 10.9. The number of hydrogen-bond acceptors (Lipinski definition) is 5. The number of aliphatic carboxylic acids is 1. The van der Waals surface area contributed by atoms with Crippen molar-refractivity contribution in [3.05, 3.63) is 23.8 Å². The normalized spacial score (nSPS) is 30.5. The summed E-state index contributed by atoms with van der Waals surface area (Å²) in [5.41, 5.74) is 1.15. The molecule has 142 valence electrons. The number of carboxylic acid groups (broad SMARTS) is 1.